The SMILES string of the molecule is COc1cc(CN2CC[C@@H](N)C2)ccc1C#N.Cl. The Bertz CT molecular complexity index is 444. The molecule has 2 N–H and O–H groups in total. The molecule has 1 aromatic carbocycles. The van der Waals surface area contributed by atoms with Gasteiger partial charge in [-0.1, -0.05) is 6.07 Å². The third-order valence-corrected chi connectivity index (χ3v) is 3.10. The van der Waals surface area contributed by atoms with Crippen LogP contribution in [0.3, 0.4) is 0 Å². The smallest absolute Gasteiger partial charge is 0.136 e. The fourth-order valence-electron chi connectivity index (χ4n) is 2.19. The van der Waals surface area contributed by atoms with Crippen molar-refractivity contribution in [2.45, 2.75) is 19.0 Å². The first-order valence-corrected chi connectivity index (χ1v) is 5.78. The number of likely N-dealkylation sites (tertiary alicyclic amines) is 1. The Morgan fingerprint density at radius 2 is 2.33 bits per heavy atom. The molecule has 1 heterocycles. The molecule has 0 saturated carbocycles. The number of ether oxygens (including phenoxy) is 1. The molecule has 0 spiro atoms. The number of methoxy groups -OCH3 is 1. The maximum absolute atomic E-state index is 8.90. The summed E-state index contributed by atoms with van der Waals surface area (Å²) in [6.45, 7) is 2.86. The fraction of sp³-hybridized carbons (Fsp3) is 0.462. The van der Waals surface area contributed by atoms with Gasteiger partial charge in [0, 0.05) is 25.7 Å². The Labute approximate surface area is 114 Å². The first kappa shape index (κ1) is 14.8. The molecular formula is C13H18ClN3O. The summed E-state index contributed by atoms with van der Waals surface area (Å²) in [7, 11) is 1.59. The minimum Gasteiger partial charge on any atom is -0.495 e. The van der Waals surface area contributed by atoms with Crippen LogP contribution < -0.4 is 10.5 Å². The average Bonchev–Trinajstić information content (AvgIpc) is 2.74. The number of hydrogen-bond acceptors (Lipinski definition) is 4. The quantitative estimate of drug-likeness (QED) is 0.902. The lowest BCUT2D eigenvalue weighted by Crippen LogP contribution is -2.26. The van der Waals surface area contributed by atoms with Gasteiger partial charge in [0.05, 0.1) is 12.7 Å². The zero-order valence-electron chi connectivity index (χ0n) is 10.4. The normalized spacial score (nSPS) is 19.1. The van der Waals surface area contributed by atoms with Gasteiger partial charge in [-0.05, 0) is 24.1 Å². The topological polar surface area (TPSA) is 62.3 Å². The highest BCUT2D eigenvalue weighted by atomic mass is 35.5. The number of benzene rings is 1. The van der Waals surface area contributed by atoms with Gasteiger partial charge in [0.1, 0.15) is 11.8 Å². The fourth-order valence-corrected chi connectivity index (χ4v) is 2.19. The van der Waals surface area contributed by atoms with Crippen LogP contribution in [0.1, 0.15) is 17.5 Å². The summed E-state index contributed by atoms with van der Waals surface area (Å²) < 4.78 is 5.20. The number of nitrogens with two attached hydrogens (primary N) is 1. The number of hydrogen-bond donors (Lipinski definition) is 1. The van der Waals surface area contributed by atoms with Gasteiger partial charge in [0.25, 0.3) is 0 Å². The van der Waals surface area contributed by atoms with Crippen molar-refractivity contribution in [1.82, 2.24) is 4.90 Å². The Balaban J connectivity index is 0.00000162. The van der Waals surface area contributed by atoms with Crippen LogP contribution in [0.25, 0.3) is 0 Å². The molecule has 0 radical (unpaired) electrons. The molecular weight excluding hydrogens is 250 g/mol. The molecule has 1 aliphatic rings. The lowest BCUT2D eigenvalue weighted by molar-refractivity contribution is 0.326. The van der Waals surface area contributed by atoms with E-state index < -0.39 is 0 Å². The van der Waals surface area contributed by atoms with E-state index in [9.17, 15) is 0 Å². The van der Waals surface area contributed by atoms with E-state index in [0.717, 1.165) is 31.6 Å². The summed E-state index contributed by atoms with van der Waals surface area (Å²) in [5.41, 5.74) is 7.61. The summed E-state index contributed by atoms with van der Waals surface area (Å²) in [5, 5.41) is 8.90. The summed E-state index contributed by atoms with van der Waals surface area (Å²) in [6.07, 6.45) is 1.06. The van der Waals surface area contributed by atoms with Crippen molar-refractivity contribution in [3.05, 3.63) is 29.3 Å². The van der Waals surface area contributed by atoms with Crippen LogP contribution >= 0.6 is 12.4 Å². The third kappa shape index (κ3) is 3.36. The van der Waals surface area contributed by atoms with Gasteiger partial charge >= 0.3 is 0 Å². The van der Waals surface area contributed by atoms with E-state index in [4.69, 9.17) is 15.7 Å². The standard InChI is InChI=1S/C13H17N3O.ClH/c1-17-13-6-10(2-3-11(13)7-14)8-16-5-4-12(15)9-16;/h2-3,6,12H,4-5,8-9,15H2,1H3;1H/t12-;/m1./s1. The first-order valence-electron chi connectivity index (χ1n) is 5.78. The second kappa shape index (κ2) is 6.60. The van der Waals surface area contributed by atoms with Crippen LogP contribution in [-0.4, -0.2) is 31.1 Å². The van der Waals surface area contributed by atoms with E-state index in [0.29, 0.717) is 17.4 Å². The van der Waals surface area contributed by atoms with E-state index in [1.807, 2.05) is 18.2 Å². The highest BCUT2D eigenvalue weighted by Crippen LogP contribution is 2.21. The molecule has 5 heteroatoms. The van der Waals surface area contributed by atoms with Crippen LogP contribution in [0.15, 0.2) is 18.2 Å². The van der Waals surface area contributed by atoms with E-state index >= 15 is 0 Å². The second-order valence-corrected chi connectivity index (χ2v) is 4.43. The molecule has 1 saturated heterocycles. The third-order valence-electron chi connectivity index (χ3n) is 3.10. The number of nitriles is 1. The molecule has 98 valence electrons. The van der Waals surface area contributed by atoms with Crippen molar-refractivity contribution < 1.29 is 4.74 Å². The molecule has 0 bridgehead atoms. The van der Waals surface area contributed by atoms with Gasteiger partial charge in [-0.25, -0.2) is 0 Å². The average molecular weight is 268 g/mol. The molecule has 1 aliphatic heterocycles. The van der Waals surface area contributed by atoms with Gasteiger partial charge in [-0.2, -0.15) is 5.26 Å². The zero-order chi connectivity index (χ0) is 12.3. The monoisotopic (exact) mass is 267 g/mol. The molecule has 1 atom stereocenters. The lowest BCUT2D eigenvalue weighted by Gasteiger charge is -2.15. The maximum atomic E-state index is 8.90. The van der Waals surface area contributed by atoms with Crippen molar-refractivity contribution in [3.8, 4) is 11.8 Å². The summed E-state index contributed by atoms with van der Waals surface area (Å²) in [6, 6.07) is 8.14. The van der Waals surface area contributed by atoms with Crippen molar-refractivity contribution in [2.24, 2.45) is 5.73 Å². The van der Waals surface area contributed by atoms with E-state index in [1.54, 1.807) is 7.11 Å². The molecule has 0 unspecified atom stereocenters. The number of rotatable bonds is 3. The van der Waals surface area contributed by atoms with Gasteiger partial charge in [-0.3, -0.25) is 4.90 Å². The highest BCUT2D eigenvalue weighted by Gasteiger charge is 2.19. The molecule has 1 fully saturated rings. The molecule has 4 nitrogen and oxygen atoms in total. The van der Waals surface area contributed by atoms with Gasteiger partial charge < -0.3 is 10.5 Å². The predicted octanol–water partition coefficient (Wildman–Crippen LogP) is 1.52. The maximum Gasteiger partial charge on any atom is 0.136 e. The Kier molecular flexibility index (Phi) is 5.42. The van der Waals surface area contributed by atoms with Crippen LogP contribution in [0.5, 0.6) is 5.75 Å². The van der Waals surface area contributed by atoms with Gasteiger partial charge in [-0.15, -0.1) is 12.4 Å². The van der Waals surface area contributed by atoms with Crippen molar-refractivity contribution in [3.63, 3.8) is 0 Å². The van der Waals surface area contributed by atoms with E-state index in [2.05, 4.69) is 11.0 Å². The van der Waals surface area contributed by atoms with Crippen LogP contribution in [-0.2, 0) is 6.54 Å². The number of halogens is 1. The van der Waals surface area contributed by atoms with E-state index in [1.165, 1.54) is 0 Å². The first-order chi connectivity index (χ1) is 8.22. The molecule has 1 aromatic rings. The molecule has 18 heavy (non-hydrogen) atoms. The largest absolute Gasteiger partial charge is 0.495 e. The predicted molar refractivity (Wildman–Crippen MR) is 72.8 cm³/mol. The second-order valence-electron chi connectivity index (χ2n) is 4.43. The van der Waals surface area contributed by atoms with Gasteiger partial charge in [0.2, 0.25) is 0 Å². The zero-order valence-corrected chi connectivity index (χ0v) is 11.2. The molecule has 0 aliphatic carbocycles. The van der Waals surface area contributed by atoms with Gasteiger partial charge in [0.15, 0.2) is 0 Å². The Morgan fingerprint density at radius 3 is 2.89 bits per heavy atom. The van der Waals surface area contributed by atoms with E-state index in [-0.39, 0.29) is 12.4 Å². The molecule has 0 aromatic heterocycles. The van der Waals surface area contributed by atoms with Crippen molar-refractivity contribution >= 4 is 12.4 Å². The minimum absolute atomic E-state index is 0. The van der Waals surface area contributed by atoms with Crippen LogP contribution in [0.2, 0.25) is 0 Å². The minimum atomic E-state index is 0. The highest BCUT2D eigenvalue weighted by molar-refractivity contribution is 5.85. The van der Waals surface area contributed by atoms with Crippen molar-refractivity contribution in [1.29, 1.82) is 5.26 Å². The molecule has 2 rings (SSSR count). The Hall–Kier alpha value is -1.28. The summed E-state index contributed by atoms with van der Waals surface area (Å²) in [5.74, 6) is 0.647. The van der Waals surface area contributed by atoms with Crippen molar-refractivity contribution in [2.75, 3.05) is 20.2 Å². The van der Waals surface area contributed by atoms with Crippen LogP contribution in [0, 0.1) is 11.3 Å². The number of nitrogens with zero attached hydrogens (tertiary/aromatic N) is 2. The summed E-state index contributed by atoms with van der Waals surface area (Å²) >= 11 is 0. The molecule has 0 amide bonds. The Morgan fingerprint density at radius 1 is 1.56 bits per heavy atom. The lowest BCUT2D eigenvalue weighted by atomic mass is 10.1. The summed E-state index contributed by atoms with van der Waals surface area (Å²) in [4.78, 5) is 2.32. The van der Waals surface area contributed by atoms with Crippen LogP contribution in [0.4, 0.5) is 0 Å².